The minimum absolute atomic E-state index is 0.314. The molecule has 0 radical (unpaired) electrons. The number of nitrogens with zero attached hydrogens (tertiary/aromatic N) is 1. The molecule has 19 heavy (non-hydrogen) atoms. The molecule has 1 atom stereocenters. The van der Waals surface area contributed by atoms with Gasteiger partial charge in [-0.2, -0.15) is 0 Å². The van der Waals surface area contributed by atoms with E-state index in [0.717, 1.165) is 12.3 Å². The molecule has 0 aliphatic heterocycles. The molecule has 0 spiro atoms. The van der Waals surface area contributed by atoms with Gasteiger partial charge in [0, 0.05) is 25.0 Å². The van der Waals surface area contributed by atoms with Crippen LogP contribution in [0.1, 0.15) is 31.0 Å². The van der Waals surface area contributed by atoms with Crippen LogP contribution in [0.25, 0.3) is 0 Å². The second-order valence-electron chi connectivity index (χ2n) is 4.46. The van der Waals surface area contributed by atoms with Crippen molar-refractivity contribution in [2.75, 3.05) is 6.61 Å². The van der Waals surface area contributed by atoms with Crippen molar-refractivity contribution >= 4 is 0 Å². The minimum atomic E-state index is 0.314. The maximum Gasteiger partial charge on any atom is 0.119 e. The molecule has 0 unspecified atom stereocenters. The fraction of sp³-hybridized carbons (Fsp3) is 0.312. The van der Waals surface area contributed by atoms with Crippen molar-refractivity contribution in [1.29, 1.82) is 0 Å². The Labute approximate surface area is 114 Å². The third-order valence-electron chi connectivity index (χ3n) is 3.05. The van der Waals surface area contributed by atoms with Gasteiger partial charge < -0.3 is 10.1 Å². The van der Waals surface area contributed by atoms with Crippen LogP contribution in [0.3, 0.4) is 0 Å². The number of benzene rings is 1. The minimum Gasteiger partial charge on any atom is -0.494 e. The van der Waals surface area contributed by atoms with Gasteiger partial charge in [-0.25, -0.2) is 0 Å². The van der Waals surface area contributed by atoms with Gasteiger partial charge in [-0.15, -0.1) is 0 Å². The third-order valence-corrected chi connectivity index (χ3v) is 3.05. The largest absolute Gasteiger partial charge is 0.494 e. The van der Waals surface area contributed by atoms with Crippen molar-refractivity contribution < 1.29 is 4.74 Å². The number of hydrogen-bond donors (Lipinski definition) is 1. The quantitative estimate of drug-likeness (QED) is 0.860. The van der Waals surface area contributed by atoms with E-state index < -0.39 is 0 Å². The van der Waals surface area contributed by atoms with Crippen LogP contribution in [-0.2, 0) is 6.54 Å². The van der Waals surface area contributed by atoms with Crippen molar-refractivity contribution in [3.63, 3.8) is 0 Å². The van der Waals surface area contributed by atoms with Gasteiger partial charge in [0.05, 0.1) is 6.61 Å². The fourth-order valence-corrected chi connectivity index (χ4v) is 1.91. The monoisotopic (exact) mass is 256 g/mol. The van der Waals surface area contributed by atoms with Crippen LogP contribution in [0.4, 0.5) is 0 Å². The van der Waals surface area contributed by atoms with Gasteiger partial charge in [-0.1, -0.05) is 12.1 Å². The normalized spacial score (nSPS) is 12.1. The first-order chi connectivity index (χ1) is 9.29. The van der Waals surface area contributed by atoms with E-state index in [4.69, 9.17) is 4.74 Å². The molecule has 0 bridgehead atoms. The molecule has 1 aromatic carbocycles. The Morgan fingerprint density at radius 3 is 2.42 bits per heavy atom. The van der Waals surface area contributed by atoms with Gasteiger partial charge in [0.25, 0.3) is 0 Å². The van der Waals surface area contributed by atoms with Crippen LogP contribution in [0, 0.1) is 0 Å². The first-order valence-electron chi connectivity index (χ1n) is 6.64. The molecule has 2 rings (SSSR count). The summed E-state index contributed by atoms with van der Waals surface area (Å²) in [6.07, 6.45) is 3.65. The predicted octanol–water partition coefficient (Wildman–Crippen LogP) is 3.33. The van der Waals surface area contributed by atoms with Crippen LogP contribution in [0.15, 0.2) is 48.8 Å². The lowest BCUT2D eigenvalue weighted by molar-refractivity contribution is 0.340. The number of nitrogens with one attached hydrogen (secondary N) is 1. The van der Waals surface area contributed by atoms with E-state index >= 15 is 0 Å². The van der Waals surface area contributed by atoms with Crippen LogP contribution in [-0.4, -0.2) is 11.6 Å². The zero-order valence-corrected chi connectivity index (χ0v) is 11.5. The predicted molar refractivity (Wildman–Crippen MR) is 77.1 cm³/mol. The van der Waals surface area contributed by atoms with E-state index in [1.54, 1.807) is 0 Å². The molecule has 3 heteroatoms. The summed E-state index contributed by atoms with van der Waals surface area (Å²) in [6, 6.07) is 12.6. The highest BCUT2D eigenvalue weighted by Crippen LogP contribution is 2.14. The first-order valence-corrected chi connectivity index (χ1v) is 6.64. The molecule has 1 heterocycles. The molecule has 2 aromatic rings. The van der Waals surface area contributed by atoms with E-state index in [1.165, 1.54) is 11.1 Å². The van der Waals surface area contributed by atoms with E-state index in [1.807, 2.05) is 43.6 Å². The highest BCUT2D eigenvalue weighted by Gasteiger charge is 2.04. The second kappa shape index (κ2) is 6.90. The molecular formula is C16H20N2O. The number of pyridine rings is 1. The molecule has 0 aliphatic rings. The molecular weight excluding hydrogens is 236 g/mol. The molecule has 0 saturated heterocycles. The summed E-state index contributed by atoms with van der Waals surface area (Å²) in [4.78, 5) is 4.03. The Hall–Kier alpha value is -1.87. The van der Waals surface area contributed by atoms with Gasteiger partial charge >= 0.3 is 0 Å². The van der Waals surface area contributed by atoms with Crippen LogP contribution < -0.4 is 10.1 Å². The topological polar surface area (TPSA) is 34.1 Å². The lowest BCUT2D eigenvalue weighted by atomic mass is 10.1. The zero-order chi connectivity index (χ0) is 13.5. The highest BCUT2D eigenvalue weighted by molar-refractivity contribution is 5.27. The third kappa shape index (κ3) is 4.07. The fourth-order valence-electron chi connectivity index (χ4n) is 1.91. The van der Waals surface area contributed by atoms with E-state index in [9.17, 15) is 0 Å². The summed E-state index contributed by atoms with van der Waals surface area (Å²) < 4.78 is 5.43. The summed E-state index contributed by atoms with van der Waals surface area (Å²) in [5.74, 6) is 0.924. The Balaban J connectivity index is 1.88. The van der Waals surface area contributed by atoms with E-state index in [2.05, 4.69) is 29.4 Å². The van der Waals surface area contributed by atoms with Gasteiger partial charge in [-0.05, 0) is 49.2 Å². The molecule has 1 N–H and O–H groups in total. The van der Waals surface area contributed by atoms with E-state index in [0.29, 0.717) is 12.6 Å². The van der Waals surface area contributed by atoms with Gasteiger partial charge in [0.2, 0.25) is 0 Å². The van der Waals surface area contributed by atoms with Crippen molar-refractivity contribution in [3.8, 4) is 5.75 Å². The first kappa shape index (κ1) is 13.6. The zero-order valence-electron chi connectivity index (χ0n) is 11.5. The maximum atomic E-state index is 5.43. The Kier molecular flexibility index (Phi) is 4.93. The average molecular weight is 256 g/mol. The Bertz CT molecular complexity index is 482. The SMILES string of the molecule is CCOc1ccc(CN[C@H](C)c2ccncc2)cc1. The molecule has 3 nitrogen and oxygen atoms in total. The summed E-state index contributed by atoms with van der Waals surface area (Å²) in [5.41, 5.74) is 2.50. The molecule has 0 amide bonds. The standard InChI is InChI=1S/C16H20N2O/c1-3-19-16-6-4-14(5-7-16)12-18-13(2)15-8-10-17-11-9-15/h4-11,13,18H,3,12H2,1-2H3/t13-/m1/s1. The maximum absolute atomic E-state index is 5.43. The van der Waals surface area contributed by atoms with Crippen molar-refractivity contribution in [2.45, 2.75) is 26.4 Å². The van der Waals surface area contributed by atoms with Gasteiger partial charge in [-0.3, -0.25) is 4.98 Å². The molecule has 1 aromatic heterocycles. The Morgan fingerprint density at radius 2 is 1.79 bits per heavy atom. The number of aromatic nitrogens is 1. The van der Waals surface area contributed by atoms with Crippen molar-refractivity contribution in [2.24, 2.45) is 0 Å². The van der Waals surface area contributed by atoms with E-state index in [-0.39, 0.29) is 0 Å². The van der Waals surface area contributed by atoms with Crippen LogP contribution in [0.2, 0.25) is 0 Å². The van der Waals surface area contributed by atoms with Gasteiger partial charge in [0.15, 0.2) is 0 Å². The number of hydrogen-bond acceptors (Lipinski definition) is 3. The summed E-state index contributed by atoms with van der Waals surface area (Å²) in [5, 5.41) is 3.50. The lowest BCUT2D eigenvalue weighted by Gasteiger charge is -2.14. The summed E-state index contributed by atoms with van der Waals surface area (Å²) in [7, 11) is 0. The van der Waals surface area contributed by atoms with Gasteiger partial charge in [0.1, 0.15) is 5.75 Å². The highest BCUT2D eigenvalue weighted by atomic mass is 16.5. The van der Waals surface area contributed by atoms with Crippen LogP contribution in [0.5, 0.6) is 5.75 Å². The number of ether oxygens (including phenoxy) is 1. The summed E-state index contributed by atoms with van der Waals surface area (Å²) >= 11 is 0. The molecule has 0 fully saturated rings. The second-order valence-corrected chi connectivity index (χ2v) is 4.46. The van der Waals surface area contributed by atoms with Crippen LogP contribution >= 0.6 is 0 Å². The number of rotatable bonds is 6. The lowest BCUT2D eigenvalue weighted by Crippen LogP contribution is -2.17. The molecule has 100 valence electrons. The summed E-state index contributed by atoms with van der Waals surface area (Å²) in [6.45, 7) is 5.70. The smallest absolute Gasteiger partial charge is 0.119 e. The van der Waals surface area contributed by atoms with Crippen molar-refractivity contribution in [3.05, 3.63) is 59.9 Å². The molecule has 0 saturated carbocycles. The average Bonchev–Trinajstić information content (AvgIpc) is 2.47. The Morgan fingerprint density at radius 1 is 1.11 bits per heavy atom. The molecule has 0 aliphatic carbocycles. The van der Waals surface area contributed by atoms with Crippen molar-refractivity contribution in [1.82, 2.24) is 10.3 Å².